The lowest BCUT2D eigenvalue weighted by Gasteiger charge is -2.13. The molecule has 0 unspecified atom stereocenters. The van der Waals surface area contributed by atoms with Crippen molar-refractivity contribution < 1.29 is 13.2 Å². The molecule has 0 fully saturated rings. The minimum Gasteiger partial charge on any atom is -0.340 e. The molecule has 1 N–H and O–H groups in total. The van der Waals surface area contributed by atoms with Gasteiger partial charge in [-0.15, -0.1) is 0 Å². The van der Waals surface area contributed by atoms with E-state index in [4.69, 9.17) is 0 Å². The fourth-order valence-electron chi connectivity index (χ4n) is 2.48. The highest BCUT2D eigenvalue weighted by Crippen LogP contribution is 2.31. The fourth-order valence-corrected chi connectivity index (χ4v) is 2.48. The molecule has 0 aliphatic carbocycles. The van der Waals surface area contributed by atoms with Gasteiger partial charge in [-0.3, -0.25) is 4.98 Å². The molecule has 4 nitrogen and oxygen atoms in total. The number of halogens is 3. The number of nitrogens with zero attached hydrogens (tertiary/aromatic N) is 3. The second-order valence-corrected chi connectivity index (χ2v) is 5.70. The van der Waals surface area contributed by atoms with Crippen LogP contribution in [0.15, 0.2) is 48.8 Å². The molecule has 1 aromatic carbocycles. The van der Waals surface area contributed by atoms with Crippen molar-refractivity contribution in [3.05, 3.63) is 65.6 Å². The van der Waals surface area contributed by atoms with Crippen molar-refractivity contribution in [2.45, 2.75) is 20.0 Å². The molecule has 0 spiro atoms. The van der Waals surface area contributed by atoms with E-state index in [9.17, 15) is 13.2 Å². The van der Waals surface area contributed by atoms with E-state index in [1.54, 1.807) is 12.1 Å². The second kappa shape index (κ2) is 6.51. The number of alkyl halides is 3. The Hall–Kier alpha value is -2.96. The molecule has 128 valence electrons. The highest BCUT2D eigenvalue weighted by Gasteiger charge is 2.33. The van der Waals surface area contributed by atoms with Crippen LogP contribution in [0.4, 0.5) is 24.7 Å². The Morgan fingerprint density at radius 3 is 2.28 bits per heavy atom. The van der Waals surface area contributed by atoms with Gasteiger partial charge in [-0.25, -0.2) is 9.97 Å². The second-order valence-electron chi connectivity index (χ2n) is 5.70. The zero-order chi connectivity index (χ0) is 18.0. The normalized spacial score (nSPS) is 11.4. The van der Waals surface area contributed by atoms with Gasteiger partial charge in [0, 0.05) is 29.7 Å². The van der Waals surface area contributed by atoms with Gasteiger partial charge in [0.05, 0.1) is 0 Å². The molecule has 0 aliphatic heterocycles. The molecule has 3 aromatic rings. The van der Waals surface area contributed by atoms with Crippen molar-refractivity contribution >= 4 is 11.5 Å². The number of hydrogen-bond acceptors (Lipinski definition) is 4. The number of rotatable bonds is 3. The van der Waals surface area contributed by atoms with Crippen LogP contribution in [0.1, 0.15) is 16.8 Å². The van der Waals surface area contributed by atoms with Crippen molar-refractivity contribution in [1.82, 2.24) is 15.0 Å². The highest BCUT2D eigenvalue weighted by molar-refractivity contribution is 5.62. The summed E-state index contributed by atoms with van der Waals surface area (Å²) in [6.45, 7) is 3.83. The van der Waals surface area contributed by atoms with Crippen LogP contribution in [0.3, 0.4) is 0 Å². The van der Waals surface area contributed by atoms with E-state index < -0.39 is 11.9 Å². The van der Waals surface area contributed by atoms with Gasteiger partial charge in [-0.05, 0) is 49.2 Å². The predicted molar refractivity (Wildman–Crippen MR) is 89.5 cm³/mol. The zero-order valence-electron chi connectivity index (χ0n) is 13.6. The Kier molecular flexibility index (Phi) is 4.39. The molecule has 25 heavy (non-hydrogen) atoms. The predicted octanol–water partition coefficient (Wildman–Crippen LogP) is 4.92. The fraction of sp³-hybridized carbons (Fsp3) is 0.167. The topological polar surface area (TPSA) is 50.7 Å². The van der Waals surface area contributed by atoms with E-state index >= 15 is 0 Å². The maximum atomic E-state index is 13.2. The van der Waals surface area contributed by atoms with Crippen LogP contribution < -0.4 is 5.32 Å². The van der Waals surface area contributed by atoms with Crippen molar-refractivity contribution in [2.75, 3.05) is 5.32 Å². The van der Waals surface area contributed by atoms with Crippen molar-refractivity contribution in [1.29, 1.82) is 0 Å². The summed E-state index contributed by atoms with van der Waals surface area (Å²) in [7, 11) is 0. The lowest BCUT2D eigenvalue weighted by molar-refractivity contribution is -0.141. The van der Waals surface area contributed by atoms with Gasteiger partial charge < -0.3 is 5.32 Å². The van der Waals surface area contributed by atoms with Gasteiger partial charge in [0.2, 0.25) is 0 Å². The summed E-state index contributed by atoms with van der Waals surface area (Å²) in [6, 6.07) is 9.79. The van der Waals surface area contributed by atoms with E-state index in [1.165, 1.54) is 12.4 Å². The number of nitrogens with one attached hydrogen (secondary N) is 1. The molecule has 3 rings (SSSR count). The Balaban J connectivity index is 2.06. The number of benzene rings is 1. The van der Waals surface area contributed by atoms with E-state index in [-0.39, 0.29) is 11.6 Å². The Morgan fingerprint density at radius 1 is 0.960 bits per heavy atom. The molecule has 0 radical (unpaired) electrons. The Morgan fingerprint density at radius 2 is 1.68 bits per heavy atom. The molecule has 0 aliphatic rings. The summed E-state index contributed by atoms with van der Waals surface area (Å²) in [4.78, 5) is 11.8. The van der Waals surface area contributed by atoms with Gasteiger partial charge in [0.25, 0.3) is 0 Å². The number of aromatic nitrogens is 3. The van der Waals surface area contributed by atoms with Crippen LogP contribution in [0.2, 0.25) is 0 Å². The maximum Gasteiger partial charge on any atom is 0.433 e. The molecule has 2 heterocycles. The van der Waals surface area contributed by atoms with Gasteiger partial charge in [-0.1, -0.05) is 6.07 Å². The van der Waals surface area contributed by atoms with Crippen LogP contribution >= 0.6 is 0 Å². The average molecular weight is 344 g/mol. The SMILES string of the molecule is Cc1cc(C)cc(Nc2cc(C(F)(F)F)nc(-c3cccnc3)n2)c1. The largest absolute Gasteiger partial charge is 0.433 e. The zero-order valence-corrected chi connectivity index (χ0v) is 13.6. The van der Waals surface area contributed by atoms with Crippen molar-refractivity contribution in [3.8, 4) is 11.4 Å². The van der Waals surface area contributed by atoms with Gasteiger partial charge >= 0.3 is 6.18 Å². The van der Waals surface area contributed by atoms with E-state index in [0.717, 1.165) is 17.2 Å². The third kappa shape index (κ3) is 4.12. The van der Waals surface area contributed by atoms with Crippen LogP contribution in [0.5, 0.6) is 0 Å². The number of pyridine rings is 1. The first-order chi connectivity index (χ1) is 11.8. The summed E-state index contributed by atoms with van der Waals surface area (Å²) in [5, 5.41) is 2.94. The monoisotopic (exact) mass is 344 g/mol. The summed E-state index contributed by atoms with van der Waals surface area (Å²) in [5.41, 5.74) is 2.08. The smallest absolute Gasteiger partial charge is 0.340 e. The summed E-state index contributed by atoms with van der Waals surface area (Å²) >= 11 is 0. The van der Waals surface area contributed by atoms with Crippen LogP contribution in [0, 0.1) is 13.8 Å². The average Bonchev–Trinajstić information content (AvgIpc) is 2.53. The summed E-state index contributed by atoms with van der Waals surface area (Å²) < 4.78 is 39.6. The first kappa shape index (κ1) is 16.9. The minimum absolute atomic E-state index is 0.0326. The lowest BCUT2D eigenvalue weighted by Crippen LogP contribution is -2.11. The van der Waals surface area contributed by atoms with Crippen LogP contribution in [0.25, 0.3) is 11.4 Å². The van der Waals surface area contributed by atoms with Gasteiger partial charge in [0.15, 0.2) is 11.5 Å². The molecule has 0 atom stereocenters. The molecule has 0 saturated heterocycles. The lowest BCUT2D eigenvalue weighted by atomic mass is 10.1. The molecule has 0 saturated carbocycles. The first-order valence-electron chi connectivity index (χ1n) is 7.53. The first-order valence-corrected chi connectivity index (χ1v) is 7.53. The van der Waals surface area contributed by atoms with E-state index in [0.29, 0.717) is 11.3 Å². The molecule has 2 aromatic heterocycles. The summed E-state index contributed by atoms with van der Waals surface area (Å²) in [5.74, 6) is 0.0426. The third-order valence-corrected chi connectivity index (χ3v) is 3.43. The molecular weight excluding hydrogens is 329 g/mol. The minimum atomic E-state index is -4.57. The highest BCUT2D eigenvalue weighted by atomic mass is 19.4. The van der Waals surface area contributed by atoms with E-state index in [1.807, 2.05) is 32.0 Å². The number of aryl methyl sites for hydroxylation is 2. The van der Waals surface area contributed by atoms with Crippen LogP contribution in [-0.2, 0) is 6.18 Å². The van der Waals surface area contributed by atoms with Crippen molar-refractivity contribution in [2.24, 2.45) is 0 Å². The van der Waals surface area contributed by atoms with E-state index in [2.05, 4.69) is 20.3 Å². The molecular formula is C18H15F3N4. The summed E-state index contributed by atoms with van der Waals surface area (Å²) in [6.07, 6.45) is -1.61. The Labute approximate surface area is 142 Å². The molecule has 0 amide bonds. The van der Waals surface area contributed by atoms with Gasteiger partial charge in [0.1, 0.15) is 5.82 Å². The third-order valence-electron chi connectivity index (χ3n) is 3.43. The maximum absolute atomic E-state index is 13.2. The molecule has 7 heteroatoms. The standard InChI is InChI=1S/C18H15F3N4/c1-11-6-12(2)8-14(7-11)23-16-9-15(18(19,20)21)24-17(25-16)13-4-3-5-22-10-13/h3-10H,1-2H3,(H,23,24,25). The Bertz CT molecular complexity index is 872. The molecule has 0 bridgehead atoms. The van der Waals surface area contributed by atoms with Crippen molar-refractivity contribution in [3.63, 3.8) is 0 Å². The van der Waals surface area contributed by atoms with Crippen LogP contribution in [-0.4, -0.2) is 15.0 Å². The quantitative estimate of drug-likeness (QED) is 0.733. The number of anilines is 2. The van der Waals surface area contributed by atoms with Gasteiger partial charge in [-0.2, -0.15) is 13.2 Å². The number of hydrogen-bond donors (Lipinski definition) is 1.